The number of carbonyl (C=O) groups is 1. The van der Waals surface area contributed by atoms with Crippen LogP contribution in [0.3, 0.4) is 0 Å². The molecule has 1 N–H and O–H groups in total. The molecule has 0 amide bonds. The Labute approximate surface area is 127 Å². The minimum absolute atomic E-state index is 0.0569. The van der Waals surface area contributed by atoms with Crippen LogP contribution in [0.5, 0.6) is 0 Å². The maximum absolute atomic E-state index is 13.0. The van der Waals surface area contributed by atoms with Crippen LogP contribution in [0.25, 0.3) is 0 Å². The summed E-state index contributed by atoms with van der Waals surface area (Å²) in [5.41, 5.74) is 0.795. The largest absolute Gasteiger partial charge is 0.460 e. The maximum Gasteiger partial charge on any atom is 0.321 e. The molecular weight excluding hydrogens is 309 g/mol. The Bertz CT molecular complexity index is 747. The van der Waals surface area contributed by atoms with Gasteiger partial charge in [-0.05, 0) is 23.8 Å². The van der Waals surface area contributed by atoms with Crippen molar-refractivity contribution in [3.63, 3.8) is 0 Å². The Morgan fingerprint density at radius 1 is 1.09 bits per heavy atom. The normalized spacial score (nSPS) is 11.1. The molecule has 0 saturated carbocycles. The van der Waals surface area contributed by atoms with Gasteiger partial charge in [-0.2, -0.15) is 4.72 Å². The first kappa shape index (κ1) is 16.1. The average Bonchev–Trinajstić information content (AvgIpc) is 2.52. The van der Waals surface area contributed by atoms with Gasteiger partial charge in [0.1, 0.15) is 19.0 Å². The lowest BCUT2D eigenvalue weighted by atomic mass is 10.2. The lowest BCUT2D eigenvalue weighted by Gasteiger charge is -2.07. The highest BCUT2D eigenvalue weighted by Crippen LogP contribution is 2.10. The van der Waals surface area contributed by atoms with Gasteiger partial charge in [0.2, 0.25) is 10.0 Å². The summed E-state index contributed by atoms with van der Waals surface area (Å²) in [5, 5.41) is 0. The van der Waals surface area contributed by atoms with Crippen LogP contribution in [0.1, 0.15) is 5.56 Å². The van der Waals surface area contributed by atoms with Gasteiger partial charge in [0.25, 0.3) is 0 Å². The summed E-state index contributed by atoms with van der Waals surface area (Å²) in [7, 11) is -3.95. The number of rotatable bonds is 6. The van der Waals surface area contributed by atoms with E-state index >= 15 is 0 Å². The van der Waals surface area contributed by atoms with Gasteiger partial charge in [-0.15, -0.1) is 0 Å². The van der Waals surface area contributed by atoms with Crippen molar-refractivity contribution in [3.8, 4) is 0 Å². The molecule has 2 aromatic carbocycles. The third-order valence-electron chi connectivity index (χ3n) is 2.76. The van der Waals surface area contributed by atoms with Crippen molar-refractivity contribution in [2.24, 2.45) is 0 Å². The number of ether oxygens (including phenoxy) is 1. The topological polar surface area (TPSA) is 72.5 Å². The zero-order valence-electron chi connectivity index (χ0n) is 11.5. The third-order valence-corrected chi connectivity index (χ3v) is 4.15. The minimum atomic E-state index is -3.95. The molecule has 0 unspecified atom stereocenters. The molecule has 0 saturated heterocycles. The fourth-order valence-corrected chi connectivity index (χ4v) is 2.66. The predicted molar refractivity (Wildman–Crippen MR) is 77.8 cm³/mol. The molecule has 0 heterocycles. The molecule has 0 aliphatic rings. The van der Waals surface area contributed by atoms with Crippen molar-refractivity contribution >= 4 is 16.0 Å². The molecule has 0 bridgehead atoms. The molecule has 0 spiro atoms. The van der Waals surface area contributed by atoms with E-state index in [1.54, 1.807) is 24.3 Å². The van der Waals surface area contributed by atoms with Crippen LogP contribution in [0.4, 0.5) is 4.39 Å². The summed E-state index contributed by atoms with van der Waals surface area (Å²) in [6, 6.07) is 13.5. The van der Waals surface area contributed by atoms with E-state index < -0.39 is 28.4 Å². The molecule has 116 valence electrons. The molecule has 5 nitrogen and oxygen atoms in total. The highest BCUT2D eigenvalue weighted by Gasteiger charge is 2.16. The summed E-state index contributed by atoms with van der Waals surface area (Å²) in [6.07, 6.45) is 0. The Kier molecular flexibility index (Phi) is 5.24. The van der Waals surface area contributed by atoms with E-state index in [1.807, 2.05) is 6.07 Å². The molecule has 2 aromatic rings. The lowest BCUT2D eigenvalue weighted by Crippen LogP contribution is -2.30. The van der Waals surface area contributed by atoms with E-state index in [2.05, 4.69) is 4.72 Å². The first-order valence-corrected chi connectivity index (χ1v) is 7.90. The lowest BCUT2D eigenvalue weighted by molar-refractivity contribution is -0.143. The smallest absolute Gasteiger partial charge is 0.321 e. The fraction of sp³-hybridized carbons (Fsp3) is 0.133. The van der Waals surface area contributed by atoms with Gasteiger partial charge in [0, 0.05) is 0 Å². The molecule has 0 aliphatic heterocycles. The van der Waals surface area contributed by atoms with Gasteiger partial charge in [0.15, 0.2) is 0 Å². The number of nitrogens with one attached hydrogen (secondary N) is 1. The number of esters is 1. The number of halogens is 1. The van der Waals surface area contributed by atoms with Crippen molar-refractivity contribution in [2.45, 2.75) is 11.5 Å². The summed E-state index contributed by atoms with van der Waals surface area (Å²) < 4.78 is 43.8. The SMILES string of the molecule is O=C(CNS(=O)(=O)c1cccc(F)c1)OCc1ccccc1. The van der Waals surface area contributed by atoms with Gasteiger partial charge in [0.05, 0.1) is 4.90 Å². The van der Waals surface area contributed by atoms with Crippen LogP contribution in [0.2, 0.25) is 0 Å². The molecule has 0 radical (unpaired) electrons. The van der Waals surface area contributed by atoms with Crippen LogP contribution in [-0.4, -0.2) is 20.9 Å². The predicted octanol–water partition coefficient (Wildman–Crippen LogP) is 1.85. The van der Waals surface area contributed by atoms with Crippen molar-refractivity contribution in [1.82, 2.24) is 4.72 Å². The van der Waals surface area contributed by atoms with Crippen molar-refractivity contribution in [3.05, 3.63) is 66.0 Å². The van der Waals surface area contributed by atoms with Crippen LogP contribution < -0.4 is 4.72 Å². The fourth-order valence-electron chi connectivity index (χ4n) is 1.66. The monoisotopic (exact) mass is 323 g/mol. The van der Waals surface area contributed by atoms with Gasteiger partial charge in [-0.1, -0.05) is 36.4 Å². The molecular formula is C15H14FNO4S. The van der Waals surface area contributed by atoms with E-state index in [9.17, 15) is 17.6 Å². The Morgan fingerprint density at radius 2 is 1.82 bits per heavy atom. The molecule has 0 atom stereocenters. The standard InChI is InChI=1S/C15H14FNO4S/c16-13-7-4-8-14(9-13)22(19,20)17-10-15(18)21-11-12-5-2-1-3-6-12/h1-9,17H,10-11H2. The van der Waals surface area contributed by atoms with E-state index in [0.29, 0.717) is 0 Å². The molecule has 0 fully saturated rings. The summed E-state index contributed by atoms with van der Waals surface area (Å²) >= 11 is 0. The van der Waals surface area contributed by atoms with Gasteiger partial charge < -0.3 is 4.74 Å². The van der Waals surface area contributed by atoms with Gasteiger partial charge in [-0.3, -0.25) is 4.79 Å². The number of benzene rings is 2. The second-order valence-corrected chi connectivity index (χ2v) is 6.20. The summed E-state index contributed by atoms with van der Waals surface area (Å²) in [6.45, 7) is -0.465. The summed E-state index contributed by atoms with van der Waals surface area (Å²) in [4.78, 5) is 11.3. The second kappa shape index (κ2) is 7.15. The Hall–Kier alpha value is -2.25. The Morgan fingerprint density at radius 3 is 2.50 bits per heavy atom. The summed E-state index contributed by atoms with van der Waals surface area (Å²) in [5.74, 6) is -1.39. The molecule has 7 heteroatoms. The van der Waals surface area contributed by atoms with Crippen molar-refractivity contribution < 1.29 is 22.3 Å². The van der Waals surface area contributed by atoms with Gasteiger partial charge in [-0.25, -0.2) is 12.8 Å². The van der Waals surface area contributed by atoms with E-state index in [4.69, 9.17) is 4.74 Å². The highest BCUT2D eigenvalue weighted by molar-refractivity contribution is 7.89. The van der Waals surface area contributed by atoms with E-state index in [-0.39, 0.29) is 11.5 Å². The van der Waals surface area contributed by atoms with Crippen LogP contribution in [-0.2, 0) is 26.2 Å². The maximum atomic E-state index is 13.0. The van der Waals surface area contributed by atoms with Crippen LogP contribution in [0.15, 0.2) is 59.5 Å². The molecule has 2 rings (SSSR count). The third kappa shape index (κ3) is 4.64. The molecule has 0 aromatic heterocycles. The van der Waals surface area contributed by atoms with Crippen molar-refractivity contribution in [2.75, 3.05) is 6.54 Å². The Balaban J connectivity index is 1.88. The second-order valence-electron chi connectivity index (χ2n) is 4.43. The number of hydrogen-bond acceptors (Lipinski definition) is 4. The number of hydrogen-bond donors (Lipinski definition) is 1. The van der Waals surface area contributed by atoms with E-state index in [1.165, 1.54) is 12.1 Å². The zero-order chi connectivity index (χ0) is 16.0. The molecule has 22 heavy (non-hydrogen) atoms. The van der Waals surface area contributed by atoms with Crippen molar-refractivity contribution in [1.29, 1.82) is 0 Å². The van der Waals surface area contributed by atoms with Crippen LogP contribution >= 0.6 is 0 Å². The first-order valence-electron chi connectivity index (χ1n) is 6.42. The quantitative estimate of drug-likeness (QED) is 0.824. The average molecular weight is 323 g/mol. The molecule has 0 aliphatic carbocycles. The van der Waals surface area contributed by atoms with Gasteiger partial charge >= 0.3 is 5.97 Å². The zero-order valence-corrected chi connectivity index (χ0v) is 12.3. The highest BCUT2D eigenvalue weighted by atomic mass is 32.2. The minimum Gasteiger partial charge on any atom is -0.460 e. The first-order chi connectivity index (χ1) is 10.5. The number of sulfonamides is 1. The number of carbonyl (C=O) groups excluding carboxylic acids is 1. The van der Waals surface area contributed by atoms with E-state index in [0.717, 1.165) is 17.7 Å². The van der Waals surface area contributed by atoms with Crippen LogP contribution in [0, 0.1) is 5.82 Å².